The molecule has 0 aromatic carbocycles. The van der Waals surface area contributed by atoms with Gasteiger partial charge < -0.3 is 11.5 Å². The van der Waals surface area contributed by atoms with Gasteiger partial charge in [-0.15, -0.1) is 4.31 Å². The third-order valence-corrected chi connectivity index (χ3v) is 1.45. The number of carbonyl (C=O) groups excluding carboxylic acids is 2. The molecule has 0 unspecified atom stereocenters. The smallest absolute Gasteiger partial charge is 0.350 e. The molecule has 11 heavy (non-hydrogen) atoms. The van der Waals surface area contributed by atoms with Gasteiger partial charge in [-0.2, -0.15) is 8.42 Å². The Bertz CT molecular complexity index is 266. The van der Waals surface area contributed by atoms with Crippen molar-refractivity contribution in [2.75, 3.05) is 0 Å². The van der Waals surface area contributed by atoms with Crippen LogP contribution in [0.15, 0.2) is 0 Å². The number of nitrogens with zero attached hydrogens (tertiary/aromatic N) is 1. The number of imide groups is 1. The van der Waals surface area contributed by atoms with E-state index in [9.17, 15) is 18.0 Å². The first-order chi connectivity index (χ1) is 4.76. The van der Waals surface area contributed by atoms with E-state index in [1.807, 2.05) is 0 Å². The molecule has 0 spiro atoms. The molecule has 0 saturated heterocycles. The minimum absolute atomic E-state index is 0.674. The molecule has 5 N–H and O–H groups in total. The van der Waals surface area contributed by atoms with E-state index in [0.29, 0.717) is 0 Å². The average molecular weight is 183 g/mol. The van der Waals surface area contributed by atoms with Crippen LogP contribution in [0, 0.1) is 0 Å². The molecule has 4 amide bonds. The molecule has 0 aromatic heterocycles. The predicted octanol–water partition coefficient (Wildman–Crippen LogP) is -1.75. The minimum Gasteiger partial charge on any atom is -0.350 e. The highest BCUT2D eigenvalue weighted by atomic mass is 32.2. The zero-order chi connectivity index (χ0) is 9.23. The topological polar surface area (TPSA) is 144 Å². The van der Waals surface area contributed by atoms with E-state index in [1.54, 1.807) is 0 Å². The Balaban J connectivity index is 4.94. The van der Waals surface area contributed by atoms with Crippen molar-refractivity contribution in [1.29, 1.82) is 0 Å². The maximum Gasteiger partial charge on any atom is 0.371 e. The first-order valence-electron chi connectivity index (χ1n) is 2.13. The van der Waals surface area contributed by atoms with Crippen LogP contribution in [0.5, 0.6) is 0 Å². The van der Waals surface area contributed by atoms with Gasteiger partial charge in [-0.25, -0.2) is 9.59 Å². The lowest BCUT2D eigenvalue weighted by atomic mass is 10.9. The van der Waals surface area contributed by atoms with Crippen LogP contribution in [0.3, 0.4) is 0 Å². The van der Waals surface area contributed by atoms with Gasteiger partial charge >= 0.3 is 22.4 Å². The van der Waals surface area contributed by atoms with Gasteiger partial charge in [0.05, 0.1) is 0 Å². The van der Waals surface area contributed by atoms with Gasteiger partial charge in [0.15, 0.2) is 0 Å². The second-order valence-electron chi connectivity index (χ2n) is 1.42. The summed E-state index contributed by atoms with van der Waals surface area (Å²) in [4.78, 5) is 20.2. The SMILES string of the molecule is NC(=O)N(C(N)=O)S(=O)(=O)O. The Hall–Kier alpha value is -1.35. The van der Waals surface area contributed by atoms with Crippen molar-refractivity contribution >= 4 is 22.4 Å². The van der Waals surface area contributed by atoms with Crippen LogP contribution in [-0.2, 0) is 10.3 Å². The molecular formula is C2H5N3O5S. The summed E-state index contributed by atoms with van der Waals surface area (Å²) in [7, 11) is -4.98. The van der Waals surface area contributed by atoms with Gasteiger partial charge in [-0.3, -0.25) is 4.55 Å². The van der Waals surface area contributed by atoms with Crippen LogP contribution in [-0.4, -0.2) is 29.3 Å². The molecule has 8 nitrogen and oxygen atoms in total. The van der Waals surface area contributed by atoms with Gasteiger partial charge in [0.25, 0.3) is 0 Å². The summed E-state index contributed by atoms with van der Waals surface area (Å²) in [5.74, 6) is 0. The van der Waals surface area contributed by atoms with Gasteiger partial charge in [-0.1, -0.05) is 0 Å². The number of nitrogens with two attached hydrogens (primary N) is 2. The number of carbonyl (C=O) groups is 2. The van der Waals surface area contributed by atoms with Crippen LogP contribution in [0.2, 0.25) is 0 Å². The number of hydrogen-bond acceptors (Lipinski definition) is 4. The highest BCUT2D eigenvalue weighted by Gasteiger charge is 2.28. The Labute approximate surface area is 61.6 Å². The molecule has 0 atom stereocenters. The van der Waals surface area contributed by atoms with Gasteiger partial charge in [0.1, 0.15) is 0 Å². The van der Waals surface area contributed by atoms with Crippen molar-refractivity contribution in [3.05, 3.63) is 0 Å². The summed E-state index contributed by atoms with van der Waals surface area (Å²) in [6, 6.07) is -3.33. The highest BCUT2D eigenvalue weighted by Crippen LogP contribution is 1.94. The van der Waals surface area contributed by atoms with Crippen molar-refractivity contribution in [2.45, 2.75) is 0 Å². The first-order valence-corrected chi connectivity index (χ1v) is 3.53. The molecule has 0 rings (SSSR count). The fourth-order valence-corrected chi connectivity index (χ4v) is 0.791. The molecule has 0 aliphatic rings. The quantitative estimate of drug-likeness (QED) is 0.413. The van der Waals surface area contributed by atoms with Crippen molar-refractivity contribution < 1.29 is 22.6 Å². The maximum atomic E-state index is 10.1. The summed E-state index contributed by atoms with van der Waals surface area (Å²) in [5, 5.41) is 0. The molecule has 0 fully saturated rings. The Kier molecular flexibility index (Phi) is 2.38. The number of amides is 4. The summed E-state index contributed by atoms with van der Waals surface area (Å²) in [6.45, 7) is 0. The first kappa shape index (κ1) is 9.65. The van der Waals surface area contributed by atoms with E-state index in [0.717, 1.165) is 0 Å². The minimum atomic E-state index is -4.98. The van der Waals surface area contributed by atoms with Gasteiger partial charge in [0.2, 0.25) is 0 Å². The van der Waals surface area contributed by atoms with Crippen LogP contribution < -0.4 is 11.5 Å². The maximum absolute atomic E-state index is 10.1. The van der Waals surface area contributed by atoms with E-state index in [1.165, 1.54) is 0 Å². The second-order valence-corrected chi connectivity index (χ2v) is 2.68. The third kappa shape index (κ3) is 2.39. The molecule has 64 valence electrons. The Morgan fingerprint density at radius 1 is 1.18 bits per heavy atom. The molecule has 0 radical (unpaired) electrons. The number of urea groups is 2. The molecule has 0 aliphatic heterocycles. The van der Waals surface area contributed by atoms with Crippen LogP contribution in [0.25, 0.3) is 0 Å². The third-order valence-electron chi connectivity index (χ3n) is 0.631. The summed E-state index contributed by atoms with van der Waals surface area (Å²) in [5.41, 5.74) is 8.74. The van der Waals surface area contributed by atoms with Crippen LogP contribution in [0.4, 0.5) is 9.59 Å². The van der Waals surface area contributed by atoms with Gasteiger partial charge in [-0.05, 0) is 0 Å². The van der Waals surface area contributed by atoms with Gasteiger partial charge in [0, 0.05) is 0 Å². The molecular weight excluding hydrogens is 178 g/mol. The Morgan fingerprint density at radius 3 is 1.45 bits per heavy atom. The Morgan fingerprint density at radius 2 is 1.45 bits per heavy atom. The number of primary amides is 2. The lowest BCUT2D eigenvalue weighted by Gasteiger charge is -2.09. The molecule has 0 aliphatic carbocycles. The zero-order valence-corrected chi connectivity index (χ0v) is 5.91. The second kappa shape index (κ2) is 2.72. The lowest BCUT2D eigenvalue weighted by Crippen LogP contribution is -2.47. The normalized spacial score (nSPS) is 10.6. The van der Waals surface area contributed by atoms with E-state index in [4.69, 9.17) is 4.55 Å². The van der Waals surface area contributed by atoms with E-state index >= 15 is 0 Å². The molecule has 9 heteroatoms. The average Bonchev–Trinajstić information content (AvgIpc) is 1.54. The fourth-order valence-electron chi connectivity index (χ4n) is 0.336. The largest absolute Gasteiger partial charge is 0.371 e. The zero-order valence-electron chi connectivity index (χ0n) is 5.09. The molecule has 0 heterocycles. The summed E-state index contributed by atoms with van der Waals surface area (Å²) >= 11 is 0. The van der Waals surface area contributed by atoms with Crippen LogP contribution in [0.1, 0.15) is 0 Å². The van der Waals surface area contributed by atoms with Crippen molar-refractivity contribution in [2.24, 2.45) is 11.5 Å². The van der Waals surface area contributed by atoms with Crippen molar-refractivity contribution in [3.8, 4) is 0 Å². The van der Waals surface area contributed by atoms with E-state index in [2.05, 4.69) is 11.5 Å². The predicted molar refractivity (Wildman–Crippen MR) is 32.6 cm³/mol. The number of rotatable bonds is 1. The lowest BCUT2D eigenvalue weighted by molar-refractivity contribution is 0.215. The highest BCUT2D eigenvalue weighted by molar-refractivity contribution is 7.84. The standard InChI is InChI=1S/C2H5N3O5S/c3-1(6)5(2(4)7)11(8,9)10/h(H2,3,6)(H2,4,7)(H,8,9,10). The molecule has 0 saturated carbocycles. The summed E-state index contributed by atoms with van der Waals surface area (Å²) < 4.78 is 27.6. The van der Waals surface area contributed by atoms with E-state index in [-0.39, 0.29) is 0 Å². The number of hydrogen-bond donors (Lipinski definition) is 3. The molecule has 0 bridgehead atoms. The van der Waals surface area contributed by atoms with E-state index < -0.39 is 26.7 Å². The monoisotopic (exact) mass is 183 g/mol. The van der Waals surface area contributed by atoms with Crippen LogP contribution >= 0.6 is 0 Å². The fraction of sp³-hybridized carbons (Fsp3) is 0. The van der Waals surface area contributed by atoms with Crippen molar-refractivity contribution in [3.63, 3.8) is 0 Å². The van der Waals surface area contributed by atoms with Crippen molar-refractivity contribution in [1.82, 2.24) is 4.31 Å². The summed E-state index contributed by atoms with van der Waals surface area (Å²) in [6.07, 6.45) is 0. The molecule has 0 aromatic rings.